The van der Waals surface area contributed by atoms with Crippen molar-refractivity contribution in [1.82, 2.24) is 15.2 Å². The van der Waals surface area contributed by atoms with Gasteiger partial charge >= 0.3 is 0 Å². The molecule has 0 saturated carbocycles. The van der Waals surface area contributed by atoms with Crippen molar-refractivity contribution in [3.05, 3.63) is 40.3 Å². The third-order valence-corrected chi connectivity index (χ3v) is 3.12. The van der Waals surface area contributed by atoms with Gasteiger partial charge in [0.15, 0.2) is 5.15 Å². The highest BCUT2D eigenvalue weighted by atomic mass is 35.5. The van der Waals surface area contributed by atoms with E-state index in [2.05, 4.69) is 15.2 Å². The van der Waals surface area contributed by atoms with Crippen LogP contribution in [0.25, 0.3) is 11.3 Å². The molecule has 0 radical (unpaired) electrons. The predicted molar refractivity (Wildman–Crippen MR) is 64.5 cm³/mol. The number of hydrogen-bond acceptors (Lipinski definition) is 3. The minimum atomic E-state index is 0.461. The van der Waals surface area contributed by atoms with E-state index in [9.17, 15) is 0 Å². The summed E-state index contributed by atoms with van der Waals surface area (Å²) >= 11 is 5.92. The Morgan fingerprint density at radius 1 is 1.06 bits per heavy atom. The molecule has 2 aromatic heterocycles. The largest absolute Gasteiger partial charge is 0.264 e. The van der Waals surface area contributed by atoms with Crippen LogP contribution >= 0.6 is 11.6 Å². The molecule has 0 aliphatic carbocycles. The molecule has 82 valence electrons. The van der Waals surface area contributed by atoms with Crippen LogP contribution in [-0.4, -0.2) is 15.2 Å². The van der Waals surface area contributed by atoms with Crippen molar-refractivity contribution >= 4 is 11.6 Å². The lowest BCUT2D eigenvalue weighted by atomic mass is 10.0. The molecule has 2 rings (SSSR count). The van der Waals surface area contributed by atoms with Crippen LogP contribution in [0.5, 0.6) is 0 Å². The van der Waals surface area contributed by atoms with Crippen molar-refractivity contribution < 1.29 is 0 Å². The van der Waals surface area contributed by atoms with Gasteiger partial charge in [0.05, 0.1) is 5.69 Å². The first kappa shape index (κ1) is 11.0. The van der Waals surface area contributed by atoms with Gasteiger partial charge in [-0.1, -0.05) is 11.6 Å². The Hall–Kier alpha value is -1.48. The van der Waals surface area contributed by atoms with E-state index in [0.29, 0.717) is 5.15 Å². The molecular weight excluding hydrogens is 222 g/mol. The fourth-order valence-corrected chi connectivity index (χ4v) is 1.72. The summed E-state index contributed by atoms with van der Waals surface area (Å²) in [5, 5.41) is 8.55. The molecule has 0 amide bonds. The van der Waals surface area contributed by atoms with Gasteiger partial charge in [-0.25, -0.2) is 0 Å². The van der Waals surface area contributed by atoms with Crippen molar-refractivity contribution in [2.75, 3.05) is 0 Å². The van der Waals surface area contributed by atoms with Crippen molar-refractivity contribution in [2.24, 2.45) is 0 Å². The highest BCUT2D eigenvalue weighted by Gasteiger charge is 2.11. The van der Waals surface area contributed by atoms with Gasteiger partial charge in [-0.05, 0) is 43.5 Å². The molecule has 0 saturated heterocycles. The maximum Gasteiger partial charge on any atom is 0.154 e. The molecule has 2 heterocycles. The SMILES string of the molecule is Cc1ccncc1-c1nnc(Cl)c(C)c1C. The van der Waals surface area contributed by atoms with Crippen LogP contribution in [0.3, 0.4) is 0 Å². The van der Waals surface area contributed by atoms with E-state index in [-0.39, 0.29) is 0 Å². The maximum atomic E-state index is 5.92. The van der Waals surface area contributed by atoms with Gasteiger partial charge in [-0.2, -0.15) is 0 Å². The van der Waals surface area contributed by atoms with Crippen LogP contribution in [-0.2, 0) is 0 Å². The quantitative estimate of drug-likeness (QED) is 0.760. The summed E-state index contributed by atoms with van der Waals surface area (Å²) < 4.78 is 0. The lowest BCUT2D eigenvalue weighted by molar-refractivity contribution is 0.999. The van der Waals surface area contributed by atoms with Gasteiger partial charge in [0, 0.05) is 18.0 Å². The lowest BCUT2D eigenvalue weighted by Gasteiger charge is -2.09. The second kappa shape index (κ2) is 4.18. The fourth-order valence-electron chi connectivity index (χ4n) is 1.54. The van der Waals surface area contributed by atoms with Crippen molar-refractivity contribution in [3.8, 4) is 11.3 Å². The number of nitrogens with zero attached hydrogens (tertiary/aromatic N) is 3. The molecule has 4 heteroatoms. The van der Waals surface area contributed by atoms with Crippen LogP contribution in [0.15, 0.2) is 18.5 Å². The summed E-state index contributed by atoms with van der Waals surface area (Å²) in [6.07, 6.45) is 3.57. The molecule has 0 unspecified atom stereocenters. The van der Waals surface area contributed by atoms with Crippen molar-refractivity contribution in [1.29, 1.82) is 0 Å². The highest BCUT2D eigenvalue weighted by Crippen LogP contribution is 2.27. The summed E-state index contributed by atoms with van der Waals surface area (Å²) in [6, 6.07) is 1.96. The number of rotatable bonds is 1. The topological polar surface area (TPSA) is 38.7 Å². The van der Waals surface area contributed by atoms with Gasteiger partial charge in [-0.15, -0.1) is 10.2 Å². The Morgan fingerprint density at radius 3 is 2.50 bits per heavy atom. The Kier molecular flexibility index (Phi) is 2.88. The molecule has 0 spiro atoms. The average molecular weight is 234 g/mol. The predicted octanol–water partition coefficient (Wildman–Crippen LogP) is 3.12. The Labute approximate surface area is 99.5 Å². The van der Waals surface area contributed by atoms with E-state index in [1.54, 1.807) is 12.4 Å². The monoisotopic (exact) mass is 233 g/mol. The van der Waals surface area contributed by atoms with Gasteiger partial charge in [0.1, 0.15) is 0 Å². The Balaban J connectivity index is 2.66. The third kappa shape index (κ3) is 1.78. The molecule has 0 aromatic carbocycles. The number of aromatic nitrogens is 3. The summed E-state index contributed by atoms with van der Waals surface area (Å²) in [6.45, 7) is 5.97. The maximum absolute atomic E-state index is 5.92. The zero-order chi connectivity index (χ0) is 11.7. The van der Waals surface area contributed by atoms with Gasteiger partial charge in [-0.3, -0.25) is 4.98 Å². The van der Waals surface area contributed by atoms with E-state index >= 15 is 0 Å². The number of aryl methyl sites for hydroxylation is 1. The Bertz CT molecular complexity index is 538. The van der Waals surface area contributed by atoms with Crippen molar-refractivity contribution in [3.63, 3.8) is 0 Å². The first-order valence-electron chi connectivity index (χ1n) is 5.01. The van der Waals surface area contributed by atoms with E-state index in [1.165, 1.54) is 0 Å². The zero-order valence-corrected chi connectivity index (χ0v) is 10.2. The highest BCUT2D eigenvalue weighted by molar-refractivity contribution is 6.30. The molecule has 0 aliphatic rings. The number of halogens is 1. The third-order valence-electron chi connectivity index (χ3n) is 2.76. The smallest absolute Gasteiger partial charge is 0.154 e. The van der Waals surface area contributed by atoms with Gasteiger partial charge < -0.3 is 0 Å². The van der Waals surface area contributed by atoms with Gasteiger partial charge in [0.2, 0.25) is 0 Å². The molecule has 0 atom stereocenters. The Morgan fingerprint density at radius 2 is 1.81 bits per heavy atom. The second-order valence-electron chi connectivity index (χ2n) is 3.78. The minimum Gasteiger partial charge on any atom is -0.264 e. The number of pyridine rings is 1. The molecular formula is C12H12ClN3. The van der Waals surface area contributed by atoms with E-state index < -0.39 is 0 Å². The molecule has 3 nitrogen and oxygen atoms in total. The van der Waals surface area contributed by atoms with E-state index in [0.717, 1.165) is 27.9 Å². The molecule has 2 aromatic rings. The summed E-state index contributed by atoms with van der Waals surface area (Å²) in [4.78, 5) is 4.11. The van der Waals surface area contributed by atoms with Gasteiger partial charge in [0.25, 0.3) is 0 Å². The molecule has 0 fully saturated rings. The molecule has 0 N–H and O–H groups in total. The first-order chi connectivity index (χ1) is 7.61. The fraction of sp³-hybridized carbons (Fsp3) is 0.250. The van der Waals surface area contributed by atoms with Crippen molar-refractivity contribution in [2.45, 2.75) is 20.8 Å². The normalized spacial score (nSPS) is 10.5. The molecule has 0 aliphatic heterocycles. The summed E-state index contributed by atoms with van der Waals surface area (Å²) in [5.74, 6) is 0. The first-order valence-corrected chi connectivity index (χ1v) is 5.39. The number of hydrogen-bond donors (Lipinski definition) is 0. The minimum absolute atomic E-state index is 0.461. The van der Waals surface area contributed by atoms with E-state index in [1.807, 2.05) is 26.8 Å². The summed E-state index contributed by atoms with van der Waals surface area (Å²) in [5.41, 5.74) is 5.01. The molecule has 0 bridgehead atoms. The van der Waals surface area contributed by atoms with Crippen LogP contribution in [0, 0.1) is 20.8 Å². The van der Waals surface area contributed by atoms with Crippen LogP contribution in [0.2, 0.25) is 5.15 Å². The lowest BCUT2D eigenvalue weighted by Crippen LogP contribution is -1.98. The van der Waals surface area contributed by atoms with Crippen LogP contribution in [0.4, 0.5) is 0 Å². The molecule has 16 heavy (non-hydrogen) atoms. The summed E-state index contributed by atoms with van der Waals surface area (Å²) in [7, 11) is 0. The standard InChI is InChI=1S/C12H12ClN3/c1-7-4-5-14-6-10(7)11-8(2)9(3)12(13)16-15-11/h4-6H,1-3H3. The van der Waals surface area contributed by atoms with E-state index in [4.69, 9.17) is 11.6 Å². The zero-order valence-electron chi connectivity index (χ0n) is 9.45. The second-order valence-corrected chi connectivity index (χ2v) is 4.14. The van der Waals surface area contributed by atoms with Crippen LogP contribution < -0.4 is 0 Å². The van der Waals surface area contributed by atoms with Crippen LogP contribution in [0.1, 0.15) is 16.7 Å². The average Bonchev–Trinajstić information content (AvgIpc) is 2.28.